The van der Waals surface area contributed by atoms with Crippen LogP contribution >= 0.6 is 0 Å². The number of nitrogens with one attached hydrogen (secondary N) is 1. The van der Waals surface area contributed by atoms with Gasteiger partial charge in [0.2, 0.25) is 0 Å². The molecule has 0 spiro atoms. The molecule has 1 heterocycles. The summed E-state index contributed by atoms with van der Waals surface area (Å²) in [6.45, 7) is 0.786. The Morgan fingerprint density at radius 3 is 3.20 bits per heavy atom. The topological polar surface area (TPSA) is 29.1 Å². The van der Waals surface area contributed by atoms with E-state index in [-0.39, 0.29) is 5.78 Å². The molecule has 1 aliphatic carbocycles. The van der Waals surface area contributed by atoms with Crippen LogP contribution in [0.2, 0.25) is 0 Å². The van der Waals surface area contributed by atoms with Crippen molar-refractivity contribution in [2.45, 2.75) is 0 Å². The molecule has 0 bridgehead atoms. The smallest absolute Gasteiger partial charge is 0.187 e. The maximum atomic E-state index is 11.0. The van der Waals surface area contributed by atoms with Crippen molar-refractivity contribution in [3.63, 3.8) is 0 Å². The summed E-state index contributed by atoms with van der Waals surface area (Å²) in [4.78, 5) is 11.0. The number of hydrogen-bond acceptors (Lipinski definition) is 2. The zero-order valence-corrected chi connectivity index (χ0v) is 5.42. The molecule has 2 rings (SSSR count). The second-order valence-electron chi connectivity index (χ2n) is 2.30. The lowest BCUT2D eigenvalue weighted by Crippen LogP contribution is -2.11. The highest BCUT2D eigenvalue weighted by Crippen LogP contribution is 2.17. The largest absolute Gasteiger partial charge is 0.381 e. The minimum atomic E-state index is 0.113. The van der Waals surface area contributed by atoms with Crippen LogP contribution in [0.3, 0.4) is 0 Å². The molecule has 0 radical (unpaired) electrons. The molecule has 1 aliphatic heterocycles. The molecule has 1 N–H and O–H groups in total. The fourth-order valence-corrected chi connectivity index (χ4v) is 1.17. The molecule has 0 saturated carbocycles. The summed E-state index contributed by atoms with van der Waals surface area (Å²) in [5, 5.41) is 3.09. The molecular weight excluding hydrogens is 126 g/mol. The van der Waals surface area contributed by atoms with Crippen LogP contribution in [0.25, 0.3) is 0 Å². The van der Waals surface area contributed by atoms with Crippen molar-refractivity contribution >= 4 is 5.78 Å². The van der Waals surface area contributed by atoms with Crippen molar-refractivity contribution in [1.82, 2.24) is 5.32 Å². The predicted octanol–water partition coefficient (Wildman–Crippen LogP) is 0.539. The summed E-state index contributed by atoms with van der Waals surface area (Å²) in [5.41, 5.74) is 1.79. The van der Waals surface area contributed by atoms with Gasteiger partial charge in [0, 0.05) is 17.8 Å². The Hall–Kier alpha value is -1.31. The zero-order chi connectivity index (χ0) is 6.97. The van der Waals surface area contributed by atoms with Crippen molar-refractivity contribution in [3.8, 4) is 0 Å². The first-order chi connectivity index (χ1) is 4.88. The highest BCUT2D eigenvalue weighted by atomic mass is 16.1. The van der Waals surface area contributed by atoms with Gasteiger partial charge in [-0.15, -0.1) is 0 Å². The molecular formula is C8H7NO. The molecule has 2 aliphatic rings. The standard InChI is InChI=1S/C8H7NO/c10-8-3-1-2-7-6(8)4-5-9-7/h1-4,9H,5H2. The van der Waals surface area contributed by atoms with Crippen molar-refractivity contribution in [1.29, 1.82) is 0 Å². The highest BCUT2D eigenvalue weighted by Gasteiger charge is 2.17. The van der Waals surface area contributed by atoms with Crippen molar-refractivity contribution < 1.29 is 4.79 Å². The third kappa shape index (κ3) is 0.620. The Morgan fingerprint density at radius 2 is 2.40 bits per heavy atom. The Balaban J connectivity index is 2.48. The molecule has 0 aromatic heterocycles. The highest BCUT2D eigenvalue weighted by molar-refractivity contribution is 6.09. The molecule has 0 atom stereocenters. The molecule has 0 unspecified atom stereocenters. The summed E-state index contributed by atoms with van der Waals surface area (Å²) in [7, 11) is 0. The minimum absolute atomic E-state index is 0.113. The van der Waals surface area contributed by atoms with Crippen LogP contribution in [0.5, 0.6) is 0 Å². The lowest BCUT2D eigenvalue weighted by atomic mass is 10.1. The normalized spacial score (nSPS) is 21.4. The first-order valence-corrected chi connectivity index (χ1v) is 3.25. The molecule has 0 fully saturated rings. The van der Waals surface area contributed by atoms with E-state index in [1.165, 1.54) is 0 Å². The number of rotatable bonds is 0. The maximum absolute atomic E-state index is 11.0. The van der Waals surface area contributed by atoms with E-state index in [2.05, 4.69) is 5.32 Å². The summed E-state index contributed by atoms with van der Waals surface area (Å²) < 4.78 is 0. The van der Waals surface area contributed by atoms with E-state index in [0.29, 0.717) is 0 Å². The van der Waals surface area contributed by atoms with Crippen LogP contribution in [-0.2, 0) is 4.79 Å². The summed E-state index contributed by atoms with van der Waals surface area (Å²) in [6, 6.07) is 0. The molecule has 2 heteroatoms. The van der Waals surface area contributed by atoms with Gasteiger partial charge in [0.05, 0.1) is 0 Å². The summed E-state index contributed by atoms with van der Waals surface area (Å²) >= 11 is 0. The molecule has 10 heavy (non-hydrogen) atoms. The maximum Gasteiger partial charge on any atom is 0.187 e. The van der Waals surface area contributed by atoms with Gasteiger partial charge in [-0.3, -0.25) is 4.79 Å². The van der Waals surface area contributed by atoms with Gasteiger partial charge in [-0.1, -0.05) is 12.2 Å². The van der Waals surface area contributed by atoms with E-state index < -0.39 is 0 Å². The average molecular weight is 133 g/mol. The molecule has 0 amide bonds. The van der Waals surface area contributed by atoms with E-state index in [9.17, 15) is 4.79 Å². The van der Waals surface area contributed by atoms with Crippen LogP contribution in [0.4, 0.5) is 0 Å². The number of fused-ring (bicyclic) bond motifs is 1. The van der Waals surface area contributed by atoms with Crippen molar-refractivity contribution in [2.24, 2.45) is 0 Å². The van der Waals surface area contributed by atoms with Crippen molar-refractivity contribution in [2.75, 3.05) is 6.54 Å². The van der Waals surface area contributed by atoms with Gasteiger partial charge >= 0.3 is 0 Å². The molecule has 0 aromatic carbocycles. The molecule has 2 nitrogen and oxygen atoms in total. The lowest BCUT2D eigenvalue weighted by Gasteiger charge is -2.04. The minimum Gasteiger partial charge on any atom is -0.381 e. The van der Waals surface area contributed by atoms with Gasteiger partial charge in [0.15, 0.2) is 5.78 Å². The van der Waals surface area contributed by atoms with Crippen LogP contribution in [0.15, 0.2) is 35.6 Å². The first-order valence-electron chi connectivity index (χ1n) is 3.25. The third-order valence-electron chi connectivity index (χ3n) is 1.66. The molecule has 50 valence electrons. The Kier molecular flexibility index (Phi) is 1.01. The Morgan fingerprint density at radius 1 is 1.50 bits per heavy atom. The van der Waals surface area contributed by atoms with Gasteiger partial charge in [-0.05, 0) is 12.2 Å². The van der Waals surface area contributed by atoms with Crippen LogP contribution in [0, 0.1) is 0 Å². The summed E-state index contributed by atoms with van der Waals surface area (Å²) in [5.74, 6) is 0.113. The van der Waals surface area contributed by atoms with Crippen LogP contribution in [0.1, 0.15) is 0 Å². The quantitative estimate of drug-likeness (QED) is 0.522. The number of allylic oxidation sites excluding steroid dienone is 4. The monoisotopic (exact) mass is 133 g/mol. The van der Waals surface area contributed by atoms with Crippen LogP contribution in [-0.4, -0.2) is 12.3 Å². The molecule has 0 aromatic rings. The van der Waals surface area contributed by atoms with Gasteiger partial charge in [-0.2, -0.15) is 0 Å². The second-order valence-corrected chi connectivity index (χ2v) is 2.30. The van der Waals surface area contributed by atoms with Gasteiger partial charge in [0.1, 0.15) is 0 Å². The fourth-order valence-electron chi connectivity index (χ4n) is 1.17. The van der Waals surface area contributed by atoms with Crippen molar-refractivity contribution in [3.05, 3.63) is 35.6 Å². The van der Waals surface area contributed by atoms with Gasteiger partial charge in [-0.25, -0.2) is 0 Å². The van der Waals surface area contributed by atoms with E-state index in [1.54, 1.807) is 12.2 Å². The van der Waals surface area contributed by atoms with E-state index in [0.717, 1.165) is 17.8 Å². The van der Waals surface area contributed by atoms with Gasteiger partial charge in [0.25, 0.3) is 0 Å². The third-order valence-corrected chi connectivity index (χ3v) is 1.66. The number of ketones is 1. The number of carbonyl (C=O) groups excluding carboxylic acids is 1. The number of carbonyl (C=O) groups is 1. The molecule has 0 saturated heterocycles. The fraction of sp³-hybridized carbons (Fsp3) is 0.125. The van der Waals surface area contributed by atoms with E-state index >= 15 is 0 Å². The SMILES string of the molecule is O=C1C=CC=C2NCC=C12. The second kappa shape index (κ2) is 1.84. The predicted molar refractivity (Wildman–Crippen MR) is 38.3 cm³/mol. The van der Waals surface area contributed by atoms with E-state index in [1.807, 2.05) is 12.2 Å². The average Bonchev–Trinajstić information content (AvgIpc) is 2.36. The lowest BCUT2D eigenvalue weighted by molar-refractivity contribution is -0.111. The first kappa shape index (κ1) is 5.47. The van der Waals surface area contributed by atoms with Crippen LogP contribution < -0.4 is 5.32 Å². The summed E-state index contributed by atoms with van der Waals surface area (Å²) in [6.07, 6.45) is 7.19. The van der Waals surface area contributed by atoms with E-state index in [4.69, 9.17) is 0 Å². The zero-order valence-electron chi connectivity index (χ0n) is 5.42. The Bertz CT molecular complexity index is 271. The van der Waals surface area contributed by atoms with Gasteiger partial charge < -0.3 is 5.32 Å². The number of hydrogen-bond donors (Lipinski definition) is 1. The Labute approximate surface area is 58.9 Å².